The largest absolute Gasteiger partial charge is 0.868 e. The van der Waals surface area contributed by atoms with Crippen molar-refractivity contribution < 1.29 is 20.5 Å². The Morgan fingerprint density at radius 1 is 1.47 bits per heavy atom. The number of nitro groups is 1. The summed E-state index contributed by atoms with van der Waals surface area (Å²) in [6, 6.07) is 4.03. The van der Waals surface area contributed by atoms with Crippen molar-refractivity contribution in [2.75, 3.05) is 13.2 Å². The van der Waals surface area contributed by atoms with Crippen molar-refractivity contribution in [3.63, 3.8) is 0 Å². The minimum Gasteiger partial charge on any atom is -0.868 e. The highest BCUT2D eigenvalue weighted by atomic mass is 16.6. The maximum atomic E-state index is 11.1. The lowest BCUT2D eigenvalue weighted by molar-refractivity contribution is -0.671. The highest BCUT2D eigenvalue weighted by molar-refractivity contribution is 5.46. The summed E-state index contributed by atoms with van der Waals surface area (Å²) in [5, 5.41) is 31.9. The van der Waals surface area contributed by atoms with Gasteiger partial charge in [-0.2, -0.15) is 0 Å². The normalized spacial score (nSPS) is 10.2. The van der Waals surface area contributed by atoms with E-state index in [0.717, 1.165) is 0 Å². The Balaban J connectivity index is 2.74. The number of hydrogen-bond acceptors (Lipinski definition) is 4. The molecule has 0 atom stereocenters. The summed E-state index contributed by atoms with van der Waals surface area (Å²) in [4.78, 5) is 9.78. The zero-order chi connectivity index (χ0) is 11.3. The topological polar surface area (TPSA) is 103 Å². The van der Waals surface area contributed by atoms with Crippen molar-refractivity contribution in [1.29, 1.82) is 0 Å². The van der Waals surface area contributed by atoms with Crippen molar-refractivity contribution in [1.82, 2.24) is 0 Å². The molecule has 0 saturated carbocycles. The average Bonchev–Trinajstić information content (AvgIpc) is 2.20. The van der Waals surface area contributed by atoms with Gasteiger partial charge in [-0.1, -0.05) is 12.1 Å². The molecule has 0 fully saturated rings. The standard InChI is InChI=1S/C9H12N2O4/c12-4-3-10-6-7-1-2-9(13)8(5-7)11(14)15/h1-2,5,10,12-13H,3-4,6H2. The molecule has 0 aromatic heterocycles. The van der Waals surface area contributed by atoms with E-state index in [4.69, 9.17) is 5.11 Å². The van der Waals surface area contributed by atoms with Gasteiger partial charge in [0.05, 0.1) is 18.1 Å². The third-order valence-electron chi connectivity index (χ3n) is 1.93. The number of aliphatic hydroxyl groups is 1. The predicted molar refractivity (Wildman–Crippen MR) is 50.1 cm³/mol. The lowest BCUT2D eigenvalue weighted by Gasteiger charge is -2.07. The van der Waals surface area contributed by atoms with Crippen LogP contribution in [-0.2, 0) is 6.54 Å². The van der Waals surface area contributed by atoms with Crippen LogP contribution in [0.25, 0.3) is 0 Å². The summed E-state index contributed by atoms with van der Waals surface area (Å²) in [6.07, 6.45) is 0. The maximum absolute atomic E-state index is 11.1. The number of hydrogen-bond donors (Lipinski definition) is 2. The summed E-state index contributed by atoms with van der Waals surface area (Å²) in [5.41, 5.74) is 0.305. The van der Waals surface area contributed by atoms with E-state index >= 15 is 0 Å². The summed E-state index contributed by atoms with van der Waals surface area (Å²) >= 11 is 0. The molecular weight excluding hydrogens is 200 g/mol. The van der Waals surface area contributed by atoms with Crippen LogP contribution in [0, 0.1) is 10.1 Å². The van der Waals surface area contributed by atoms with Crippen LogP contribution in [0.2, 0.25) is 0 Å². The number of aliphatic hydroxyl groups excluding tert-OH is 1. The van der Waals surface area contributed by atoms with Crippen LogP contribution in [0.15, 0.2) is 18.2 Å². The fourth-order valence-corrected chi connectivity index (χ4v) is 1.19. The second-order valence-electron chi connectivity index (χ2n) is 3.06. The molecule has 1 aromatic rings. The zero-order valence-electron chi connectivity index (χ0n) is 8.05. The van der Waals surface area contributed by atoms with Crippen molar-refractivity contribution in [3.05, 3.63) is 33.9 Å². The van der Waals surface area contributed by atoms with Gasteiger partial charge in [0, 0.05) is 11.6 Å². The van der Waals surface area contributed by atoms with Gasteiger partial charge in [-0.3, -0.25) is 10.1 Å². The van der Waals surface area contributed by atoms with Crippen molar-refractivity contribution >= 4 is 5.69 Å². The van der Waals surface area contributed by atoms with Crippen molar-refractivity contribution in [2.24, 2.45) is 0 Å². The van der Waals surface area contributed by atoms with Crippen LogP contribution >= 0.6 is 0 Å². The third kappa shape index (κ3) is 3.19. The Kier molecular flexibility index (Phi) is 4.02. The number of nitro benzene ring substituents is 1. The van der Waals surface area contributed by atoms with Crippen LogP contribution in [0.5, 0.6) is 5.75 Å². The molecule has 6 nitrogen and oxygen atoms in total. The molecule has 0 bridgehead atoms. The van der Waals surface area contributed by atoms with Gasteiger partial charge in [0.1, 0.15) is 6.54 Å². The van der Waals surface area contributed by atoms with E-state index in [1.807, 2.05) is 5.32 Å². The molecule has 0 spiro atoms. The quantitative estimate of drug-likeness (QED) is 0.360. The molecule has 3 N–H and O–H groups in total. The summed E-state index contributed by atoms with van der Waals surface area (Å²) in [5.74, 6) is -0.578. The number of benzene rings is 1. The lowest BCUT2D eigenvalue weighted by atomic mass is 10.2. The molecule has 6 heteroatoms. The fraction of sp³-hybridized carbons (Fsp3) is 0.333. The molecule has 0 aliphatic heterocycles. The minimum atomic E-state index is -0.683. The number of rotatable bonds is 5. The van der Waals surface area contributed by atoms with E-state index in [-0.39, 0.29) is 6.61 Å². The molecule has 82 valence electrons. The first kappa shape index (κ1) is 11.4. The smallest absolute Gasteiger partial charge is 0.262 e. The fourth-order valence-electron chi connectivity index (χ4n) is 1.19. The Morgan fingerprint density at radius 2 is 2.20 bits per heavy atom. The Bertz CT molecular complexity index is 354. The first-order valence-corrected chi connectivity index (χ1v) is 4.52. The second kappa shape index (κ2) is 5.28. The first-order chi connectivity index (χ1) is 7.15. The molecule has 0 amide bonds. The molecule has 15 heavy (non-hydrogen) atoms. The molecule has 0 radical (unpaired) electrons. The summed E-state index contributed by atoms with van der Waals surface area (Å²) < 4.78 is 0. The molecule has 1 aromatic carbocycles. The van der Waals surface area contributed by atoms with Gasteiger partial charge in [0.2, 0.25) is 0 Å². The van der Waals surface area contributed by atoms with Gasteiger partial charge in [-0.15, -0.1) is 0 Å². The van der Waals surface area contributed by atoms with Crippen LogP contribution in [0.3, 0.4) is 0 Å². The molecule has 0 aliphatic carbocycles. The number of nitrogens with two attached hydrogens (primary N) is 1. The summed E-state index contributed by atoms with van der Waals surface area (Å²) in [7, 11) is 0. The first-order valence-electron chi connectivity index (χ1n) is 4.52. The van der Waals surface area contributed by atoms with Gasteiger partial charge in [-0.05, 0) is 5.75 Å². The van der Waals surface area contributed by atoms with E-state index in [1.54, 1.807) is 6.07 Å². The van der Waals surface area contributed by atoms with Crippen molar-refractivity contribution in [3.8, 4) is 5.75 Å². The highest BCUT2D eigenvalue weighted by Crippen LogP contribution is 2.23. The van der Waals surface area contributed by atoms with E-state index in [9.17, 15) is 15.2 Å². The highest BCUT2D eigenvalue weighted by Gasteiger charge is 2.08. The molecule has 1 rings (SSSR count). The van der Waals surface area contributed by atoms with E-state index in [2.05, 4.69) is 0 Å². The van der Waals surface area contributed by atoms with Gasteiger partial charge in [0.25, 0.3) is 5.69 Å². The SMILES string of the molecule is O=[N+]([O-])c1cc(C[NH2+]CCO)ccc1[O-]. The number of nitrogens with zero attached hydrogens (tertiary/aromatic N) is 1. The second-order valence-corrected chi connectivity index (χ2v) is 3.06. The van der Waals surface area contributed by atoms with Crippen LogP contribution in [0.4, 0.5) is 5.69 Å². The minimum absolute atomic E-state index is 0.0573. The van der Waals surface area contributed by atoms with E-state index in [1.165, 1.54) is 12.1 Å². The van der Waals surface area contributed by atoms with Gasteiger partial charge in [-0.25, -0.2) is 0 Å². The van der Waals surface area contributed by atoms with E-state index < -0.39 is 16.4 Å². The maximum Gasteiger partial charge on any atom is 0.262 e. The van der Waals surface area contributed by atoms with Crippen LogP contribution in [0.1, 0.15) is 5.56 Å². The van der Waals surface area contributed by atoms with Crippen molar-refractivity contribution in [2.45, 2.75) is 6.54 Å². The molecule has 0 unspecified atom stereocenters. The lowest BCUT2D eigenvalue weighted by Crippen LogP contribution is -2.83. The van der Waals surface area contributed by atoms with Gasteiger partial charge >= 0.3 is 0 Å². The molecule has 0 heterocycles. The summed E-state index contributed by atoms with van der Waals surface area (Å²) in [6.45, 7) is 1.11. The van der Waals surface area contributed by atoms with Crippen LogP contribution < -0.4 is 10.4 Å². The third-order valence-corrected chi connectivity index (χ3v) is 1.93. The van der Waals surface area contributed by atoms with Gasteiger partial charge < -0.3 is 15.5 Å². The molecule has 0 saturated heterocycles. The molecule has 0 aliphatic rings. The van der Waals surface area contributed by atoms with Crippen LogP contribution in [-0.4, -0.2) is 23.2 Å². The number of quaternary nitrogens is 1. The monoisotopic (exact) mass is 212 g/mol. The van der Waals surface area contributed by atoms with E-state index in [0.29, 0.717) is 18.7 Å². The van der Waals surface area contributed by atoms with Gasteiger partial charge in [0.15, 0.2) is 0 Å². The Hall–Kier alpha value is -1.66. The molecular formula is C9H12N2O4. The Labute approximate surface area is 86.3 Å². The predicted octanol–water partition coefficient (Wildman–Crippen LogP) is -1.28. The zero-order valence-corrected chi connectivity index (χ0v) is 8.05. The Morgan fingerprint density at radius 3 is 2.80 bits per heavy atom. The average molecular weight is 212 g/mol.